The van der Waals surface area contributed by atoms with E-state index in [1.54, 1.807) is 25.3 Å². The van der Waals surface area contributed by atoms with Crippen LogP contribution in [-0.4, -0.2) is 23.3 Å². The molecule has 0 bridgehead atoms. The molecule has 1 unspecified atom stereocenters. The van der Waals surface area contributed by atoms with Gasteiger partial charge in [0, 0.05) is 27.6 Å². The normalized spacial score (nSPS) is 11.9. The molecule has 4 aromatic carbocycles. The maximum Gasteiger partial charge on any atom is 0.307 e. The van der Waals surface area contributed by atoms with Gasteiger partial charge in [0.1, 0.15) is 17.2 Å². The number of benzene rings is 4. The number of carboxylic acids is 1. The molecule has 0 saturated carbocycles. The zero-order valence-corrected chi connectivity index (χ0v) is 25.5. The summed E-state index contributed by atoms with van der Waals surface area (Å²) in [5.74, 6) is 0.631. The monoisotopic (exact) mass is 672 g/mol. The molecule has 202 valence electrons. The second-order valence-corrected chi connectivity index (χ2v) is 11.5. The lowest BCUT2D eigenvalue weighted by Gasteiger charge is -2.25. The van der Waals surface area contributed by atoms with E-state index < -0.39 is 11.9 Å². The molecule has 0 amide bonds. The highest BCUT2D eigenvalue weighted by Crippen LogP contribution is 2.47. The number of methoxy groups -OCH3 is 1. The Kier molecular flexibility index (Phi) is 9.26. The van der Waals surface area contributed by atoms with E-state index in [4.69, 9.17) is 21.1 Å². The molecule has 0 radical (unpaired) electrons. The molecule has 0 saturated heterocycles. The Morgan fingerprint density at radius 2 is 1.54 bits per heavy atom. The molecule has 0 fully saturated rings. The number of halogens is 3. The number of hydrogen-bond acceptors (Lipinski definition) is 4. The zero-order valence-electron chi connectivity index (χ0n) is 21.5. The predicted molar refractivity (Wildman–Crippen MR) is 161 cm³/mol. The van der Waals surface area contributed by atoms with E-state index in [9.17, 15) is 15.0 Å². The van der Waals surface area contributed by atoms with Gasteiger partial charge >= 0.3 is 5.97 Å². The molecule has 1 atom stereocenters. The van der Waals surface area contributed by atoms with Crippen LogP contribution in [0.5, 0.6) is 23.0 Å². The Morgan fingerprint density at radius 1 is 0.897 bits per heavy atom. The smallest absolute Gasteiger partial charge is 0.307 e. The first-order valence-corrected chi connectivity index (χ1v) is 14.2. The van der Waals surface area contributed by atoms with E-state index in [0.29, 0.717) is 42.3 Å². The van der Waals surface area contributed by atoms with Crippen LogP contribution in [0.1, 0.15) is 53.5 Å². The van der Waals surface area contributed by atoms with Gasteiger partial charge in [0.05, 0.1) is 22.5 Å². The van der Waals surface area contributed by atoms with Crippen LogP contribution in [0, 0.1) is 0 Å². The Balaban J connectivity index is 1.97. The molecule has 2 N–H and O–H groups in total. The number of phenolic OH excluding ortho intramolecular Hbond substituents is 1. The maximum absolute atomic E-state index is 11.3. The van der Waals surface area contributed by atoms with Gasteiger partial charge in [0.2, 0.25) is 0 Å². The molecule has 4 rings (SSSR count). The second kappa shape index (κ2) is 12.5. The van der Waals surface area contributed by atoms with Crippen molar-refractivity contribution in [3.05, 3.63) is 115 Å². The molecule has 0 aliphatic carbocycles. The largest absolute Gasteiger partial charge is 0.508 e. The lowest BCUT2D eigenvalue weighted by molar-refractivity contribution is -0.136. The van der Waals surface area contributed by atoms with Crippen LogP contribution in [0.4, 0.5) is 0 Å². The minimum atomic E-state index is -0.921. The molecule has 5 nitrogen and oxygen atoms in total. The van der Waals surface area contributed by atoms with Crippen molar-refractivity contribution in [3.8, 4) is 23.0 Å². The van der Waals surface area contributed by atoms with Gasteiger partial charge in [-0.25, -0.2) is 0 Å². The van der Waals surface area contributed by atoms with E-state index in [0.717, 1.165) is 16.7 Å². The lowest BCUT2D eigenvalue weighted by atomic mass is 9.83. The van der Waals surface area contributed by atoms with Crippen LogP contribution in [0.25, 0.3) is 0 Å². The first kappa shape index (κ1) is 29.0. The lowest BCUT2D eigenvalue weighted by Crippen LogP contribution is -2.08. The topological polar surface area (TPSA) is 76.0 Å². The summed E-state index contributed by atoms with van der Waals surface area (Å²) in [6.07, 6.45) is -0.116. The number of rotatable bonds is 9. The first-order valence-electron chi connectivity index (χ1n) is 12.2. The highest BCUT2D eigenvalue weighted by atomic mass is 79.9. The first-order chi connectivity index (χ1) is 18.6. The summed E-state index contributed by atoms with van der Waals surface area (Å²) < 4.78 is 13.6. The van der Waals surface area contributed by atoms with Gasteiger partial charge in [-0.2, -0.15) is 0 Å². The minimum Gasteiger partial charge on any atom is -0.508 e. The summed E-state index contributed by atoms with van der Waals surface area (Å²) in [6, 6.07) is 22.3. The molecule has 0 aromatic heterocycles. The molecule has 4 aromatic rings. The standard InChI is InChI=1S/C31H27Br2ClO5/c1-17(2)22-15-28(39-31-24(32)11-18(12-25(31)33)13-29(36)37)23(16-27(22)38-3)30(19-7-5-4-6-8-19)21-10-9-20(34)14-26(21)35/h4-12,14-17,30,35H,13H2,1-3H3,(H,36,37). The summed E-state index contributed by atoms with van der Waals surface area (Å²) >= 11 is 13.3. The van der Waals surface area contributed by atoms with Crippen LogP contribution in [0.2, 0.25) is 5.02 Å². The molecule has 0 aliphatic rings. The molecular weight excluding hydrogens is 648 g/mol. The minimum absolute atomic E-state index is 0.0644. The van der Waals surface area contributed by atoms with Crippen LogP contribution < -0.4 is 9.47 Å². The zero-order chi connectivity index (χ0) is 28.3. The fraction of sp³-hybridized carbons (Fsp3) is 0.194. The summed E-state index contributed by atoms with van der Waals surface area (Å²) in [7, 11) is 1.64. The van der Waals surface area contributed by atoms with Crippen molar-refractivity contribution in [1.82, 2.24) is 0 Å². The van der Waals surface area contributed by atoms with Gasteiger partial charge in [-0.05, 0) is 85.3 Å². The van der Waals surface area contributed by atoms with E-state index in [2.05, 4.69) is 45.7 Å². The molecular formula is C31H27Br2ClO5. The second-order valence-electron chi connectivity index (χ2n) is 9.39. The summed E-state index contributed by atoms with van der Waals surface area (Å²) in [4.78, 5) is 11.3. The van der Waals surface area contributed by atoms with Crippen LogP contribution in [0.3, 0.4) is 0 Å². The Labute approximate surface area is 249 Å². The molecule has 0 aliphatic heterocycles. The van der Waals surface area contributed by atoms with Crippen molar-refractivity contribution in [2.24, 2.45) is 0 Å². The Bertz CT molecular complexity index is 1480. The summed E-state index contributed by atoms with van der Waals surface area (Å²) in [5, 5.41) is 20.7. The molecule has 0 heterocycles. The van der Waals surface area contributed by atoms with Gasteiger partial charge in [-0.1, -0.05) is 61.8 Å². The number of hydrogen-bond donors (Lipinski definition) is 2. The number of ether oxygens (including phenoxy) is 2. The van der Waals surface area contributed by atoms with E-state index in [1.807, 2.05) is 48.5 Å². The van der Waals surface area contributed by atoms with E-state index in [-0.39, 0.29) is 18.1 Å². The fourth-order valence-electron chi connectivity index (χ4n) is 4.56. The number of carboxylic acid groups (broad SMARTS) is 1. The predicted octanol–water partition coefficient (Wildman–Crippen LogP) is 9.30. The Morgan fingerprint density at radius 3 is 2.10 bits per heavy atom. The molecule has 39 heavy (non-hydrogen) atoms. The third-order valence-corrected chi connectivity index (χ3v) is 7.77. The van der Waals surface area contributed by atoms with E-state index in [1.165, 1.54) is 6.07 Å². The average Bonchev–Trinajstić information content (AvgIpc) is 2.88. The van der Waals surface area contributed by atoms with Crippen LogP contribution in [0.15, 0.2) is 81.7 Å². The Hall–Kier alpha value is -3.00. The van der Waals surface area contributed by atoms with Gasteiger partial charge < -0.3 is 19.7 Å². The van der Waals surface area contributed by atoms with Crippen LogP contribution >= 0.6 is 43.5 Å². The number of carbonyl (C=O) groups is 1. The highest BCUT2D eigenvalue weighted by molar-refractivity contribution is 9.11. The SMILES string of the molecule is COc1cc(C(c2ccccc2)c2ccc(Cl)cc2O)c(Oc2c(Br)cc(CC(=O)O)cc2Br)cc1C(C)C. The van der Waals surface area contributed by atoms with Crippen molar-refractivity contribution in [3.63, 3.8) is 0 Å². The van der Waals surface area contributed by atoms with E-state index >= 15 is 0 Å². The average molecular weight is 675 g/mol. The summed E-state index contributed by atoms with van der Waals surface area (Å²) in [6.45, 7) is 4.15. The van der Waals surface area contributed by atoms with Crippen molar-refractivity contribution in [2.45, 2.75) is 32.1 Å². The number of phenols is 1. The third kappa shape index (κ3) is 6.60. The molecule has 8 heteroatoms. The van der Waals surface area contributed by atoms with Crippen molar-refractivity contribution in [1.29, 1.82) is 0 Å². The highest BCUT2D eigenvalue weighted by Gasteiger charge is 2.27. The quantitative estimate of drug-likeness (QED) is 0.173. The van der Waals surface area contributed by atoms with Gasteiger partial charge in [-0.15, -0.1) is 0 Å². The van der Waals surface area contributed by atoms with Crippen molar-refractivity contribution >= 4 is 49.4 Å². The molecule has 0 spiro atoms. The maximum atomic E-state index is 11.3. The van der Waals surface area contributed by atoms with Gasteiger partial charge in [0.15, 0.2) is 5.75 Å². The summed E-state index contributed by atoms with van der Waals surface area (Å²) in [5.41, 5.74) is 3.95. The third-order valence-electron chi connectivity index (χ3n) is 6.36. The van der Waals surface area contributed by atoms with Crippen molar-refractivity contribution in [2.75, 3.05) is 7.11 Å². The van der Waals surface area contributed by atoms with Gasteiger partial charge in [0.25, 0.3) is 0 Å². The number of aromatic hydroxyl groups is 1. The fourth-order valence-corrected chi connectivity index (χ4v) is 6.17. The number of aliphatic carboxylic acids is 1. The van der Waals surface area contributed by atoms with Crippen molar-refractivity contribution < 1.29 is 24.5 Å². The van der Waals surface area contributed by atoms with Crippen LogP contribution in [-0.2, 0) is 11.2 Å². The van der Waals surface area contributed by atoms with Gasteiger partial charge in [-0.3, -0.25) is 4.79 Å².